The summed E-state index contributed by atoms with van der Waals surface area (Å²) < 4.78 is 10.9. The average Bonchev–Trinajstić information content (AvgIpc) is 2.23. The standard InChI is InChI=1S/C12H14O3/c1-12(2)14-8-10(13)11(15-12)9-6-4-3-5-7-9/h3-7,11H,8H2,1-2H3. The lowest BCUT2D eigenvalue weighted by Crippen LogP contribution is -2.41. The van der Waals surface area contributed by atoms with Gasteiger partial charge in [0.1, 0.15) is 12.7 Å². The van der Waals surface area contributed by atoms with Crippen molar-refractivity contribution in [1.82, 2.24) is 0 Å². The highest BCUT2D eigenvalue weighted by molar-refractivity contribution is 5.86. The highest BCUT2D eigenvalue weighted by Gasteiger charge is 2.35. The minimum atomic E-state index is -0.686. The van der Waals surface area contributed by atoms with Gasteiger partial charge in [-0.1, -0.05) is 30.3 Å². The highest BCUT2D eigenvalue weighted by atomic mass is 16.7. The van der Waals surface area contributed by atoms with Gasteiger partial charge in [0.05, 0.1) is 0 Å². The van der Waals surface area contributed by atoms with Gasteiger partial charge in [0, 0.05) is 0 Å². The van der Waals surface area contributed by atoms with E-state index < -0.39 is 11.9 Å². The van der Waals surface area contributed by atoms with E-state index in [0.29, 0.717) is 0 Å². The summed E-state index contributed by atoms with van der Waals surface area (Å²) in [5.74, 6) is -0.713. The normalized spacial score (nSPS) is 25.2. The summed E-state index contributed by atoms with van der Waals surface area (Å²) in [6.07, 6.45) is -0.491. The number of carbonyl (C=O) groups is 1. The predicted octanol–water partition coefficient (Wildman–Crippen LogP) is 2.08. The van der Waals surface area contributed by atoms with Gasteiger partial charge in [-0.15, -0.1) is 0 Å². The topological polar surface area (TPSA) is 35.5 Å². The molecule has 1 saturated heterocycles. The van der Waals surface area contributed by atoms with Gasteiger partial charge in [0.25, 0.3) is 0 Å². The van der Waals surface area contributed by atoms with Crippen molar-refractivity contribution >= 4 is 5.78 Å². The predicted molar refractivity (Wildman–Crippen MR) is 55.3 cm³/mol. The lowest BCUT2D eigenvalue weighted by atomic mass is 10.0. The number of ketones is 1. The van der Waals surface area contributed by atoms with Gasteiger partial charge in [-0.2, -0.15) is 0 Å². The third kappa shape index (κ3) is 2.25. The molecule has 0 aromatic heterocycles. The van der Waals surface area contributed by atoms with Crippen LogP contribution in [-0.2, 0) is 14.3 Å². The van der Waals surface area contributed by atoms with Crippen LogP contribution < -0.4 is 0 Å². The van der Waals surface area contributed by atoms with Crippen LogP contribution in [0.4, 0.5) is 0 Å². The highest BCUT2D eigenvalue weighted by Crippen LogP contribution is 2.30. The summed E-state index contributed by atoms with van der Waals surface area (Å²) in [7, 11) is 0. The molecule has 15 heavy (non-hydrogen) atoms. The Morgan fingerprint density at radius 3 is 2.60 bits per heavy atom. The number of hydrogen-bond donors (Lipinski definition) is 0. The summed E-state index contributed by atoms with van der Waals surface area (Å²) >= 11 is 0. The second-order valence-electron chi connectivity index (χ2n) is 4.06. The first-order valence-electron chi connectivity index (χ1n) is 4.98. The lowest BCUT2D eigenvalue weighted by Gasteiger charge is -2.35. The van der Waals surface area contributed by atoms with Gasteiger partial charge in [0.15, 0.2) is 11.6 Å². The van der Waals surface area contributed by atoms with Crippen LogP contribution in [0.15, 0.2) is 30.3 Å². The van der Waals surface area contributed by atoms with Crippen LogP contribution in [0, 0.1) is 0 Å². The molecule has 0 aliphatic carbocycles. The molecule has 3 heteroatoms. The van der Waals surface area contributed by atoms with Gasteiger partial charge in [-0.3, -0.25) is 4.79 Å². The molecule has 1 unspecified atom stereocenters. The summed E-state index contributed by atoms with van der Waals surface area (Å²) in [6, 6.07) is 9.50. The second-order valence-corrected chi connectivity index (χ2v) is 4.06. The first kappa shape index (κ1) is 10.3. The molecule has 1 aromatic carbocycles. The largest absolute Gasteiger partial charge is 0.343 e. The second kappa shape index (κ2) is 3.76. The van der Waals surface area contributed by atoms with Gasteiger partial charge >= 0.3 is 0 Å². The Kier molecular flexibility index (Phi) is 2.59. The van der Waals surface area contributed by atoms with E-state index in [1.54, 1.807) is 0 Å². The van der Waals surface area contributed by atoms with Crippen LogP contribution in [0.3, 0.4) is 0 Å². The Hall–Kier alpha value is -1.19. The van der Waals surface area contributed by atoms with E-state index in [-0.39, 0.29) is 12.4 Å². The summed E-state index contributed by atoms with van der Waals surface area (Å²) in [5, 5.41) is 0. The molecular formula is C12H14O3. The number of ether oxygens (including phenoxy) is 2. The van der Waals surface area contributed by atoms with E-state index in [1.165, 1.54) is 0 Å². The Morgan fingerprint density at radius 2 is 1.93 bits per heavy atom. The molecule has 2 rings (SSSR count). The van der Waals surface area contributed by atoms with Gasteiger partial charge in [-0.25, -0.2) is 0 Å². The SMILES string of the molecule is CC1(C)OCC(=O)C(c2ccccc2)O1. The Balaban J connectivity index is 2.24. The molecule has 1 aromatic rings. The molecule has 3 nitrogen and oxygen atoms in total. The van der Waals surface area contributed by atoms with Crippen LogP contribution in [0.25, 0.3) is 0 Å². The third-order valence-electron chi connectivity index (χ3n) is 2.36. The zero-order valence-electron chi connectivity index (χ0n) is 8.90. The maximum absolute atomic E-state index is 11.6. The van der Waals surface area contributed by atoms with Gasteiger partial charge in [0.2, 0.25) is 0 Å². The van der Waals surface area contributed by atoms with E-state index in [4.69, 9.17) is 9.47 Å². The number of hydrogen-bond acceptors (Lipinski definition) is 3. The molecule has 1 fully saturated rings. The number of Topliss-reactive ketones (excluding diaryl/α,β-unsaturated/α-hetero) is 1. The van der Waals surface area contributed by atoms with E-state index in [0.717, 1.165) is 5.56 Å². The molecule has 1 aliphatic heterocycles. The molecule has 0 amide bonds. The van der Waals surface area contributed by atoms with Gasteiger partial charge in [-0.05, 0) is 19.4 Å². The van der Waals surface area contributed by atoms with Crippen molar-refractivity contribution in [3.8, 4) is 0 Å². The van der Waals surface area contributed by atoms with E-state index in [9.17, 15) is 4.79 Å². The maximum atomic E-state index is 11.6. The molecule has 0 N–H and O–H groups in total. The van der Waals surface area contributed by atoms with Crippen molar-refractivity contribution in [2.45, 2.75) is 25.7 Å². The van der Waals surface area contributed by atoms with E-state index >= 15 is 0 Å². The monoisotopic (exact) mass is 206 g/mol. The number of carbonyl (C=O) groups excluding carboxylic acids is 1. The number of benzene rings is 1. The van der Waals surface area contributed by atoms with Crippen LogP contribution in [0.2, 0.25) is 0 Å². The number of rotatable bonds is 1. The fourth-order valence-electron chi connectivity index (χ4n) is 1.59. The van der Waals surface area contributed by atoms with E-state index in [2.05, 4.69) is 0 Å². The molecule has 0 radical (unpaired) electrons. The minimum absolute atomic E-state index is 0.0273. The fourth-order valence-corrected chi connectivity index (χ4v) is 1.59. The van der Waals surface area contributed by atoms with E-state index in [1.807, 2.05) is 44.2 Å². The smallest absolute Gasteiger partial charge is 0.191 e. The van der Waals surface area contributed by atoms with Crippen molar-refractivity contribution < 1.29 is 14.3 Å². The molecular weight excluding hydrogens is 192 g/mol. The summed E-state index contributed by atoms with van der Waals surface area (Å²) in [5.41, 5.74) is 0.888. The van der Waals surface area contributed by atoms with Crippen molar-refractivity contribution in [2.24, 2.45) is 0 Å². The zero-order chi connectivity index (χ0) is 10.9. The summed E-state index contributed by atoms with van der Waals surface area (Å²) in [6.45, 7) is 3.75. The molecule has 1 heterocycles. The van der Waals surface area contributed by atoms with Crippen LogP contribution >= 0.6 is 0 Å². The quantitative estimate of drug-likeness (QED) is 0.705. The Labute approximate surface area is 89.0 Å². The zero-order valence-corrected chi connectivity index (χ0v) is 8.90. The van der Waals surface area contributed by atoms with Crippen molar-refractivity contribution in [1.29, 1.82) is 0 Å². The van der Waals surface area contributed by atoms with Crippen molar-refractivity contribution in [2.75, 3.05) is 6.61 Å². The first-order valence-corrected chi connectivity index (χ1v) is 4.98. The minimum Gasteiger partial charge on any atom is -0.343 e. The summed E-state index contributed by atoms with van der Waals surface area (Å²) in [4.78, 5) is 11.6. The first-order chi connectivity index (χ1) is 7.08. The Morgan fingerprint density at radius 1 is 1.27 bits per heavy atom. The van der Waals surface area contributed by atoms with Crippen molar-refractivity contribution in [3.05, 3.63) is 35.9 Å². The van der Waals surface area contributed by atoms with Crippen LogP contribution in [-0.4, -0.2) is 18.2 Å². The average molecular weight is 206 g/mol. The lowest BCUT2D eigenvalue weighted by molar-refractivity contribution is -0.260. The third-order valence-corrected chi connectivity index (χ3v) is 2.36. The molecule has 1 aliphatic rings. The molecule has 0 saturated carbocycles. The van der Waals surface area contributed by atoms with Gasteiger partial charge < -0.3 is 9.47 Å². The molecule has 80 valence electrons. The molecule has 1 atom stereocenters. The van der Waals surface area contributed by atoms with Crippen LogP contribution in [0.5, 0.6) is 0 Å². The van der Waals surface area contributed by atoms with Crippen LogP contribution in [0.1, 0.15) is 25.5 Å². The Bertz CT molecular complexity index is 356. The fraction of sp³-hybridized carbons (Fsp3) is 0.417. The molecule has 0 bridgehead atoms. The molecule has 0 spiro atoms. The maximum Gasteiger partial charge on any atom is 0.191 e. The van der Waals surface area contributed by atoms with Crippen molar-refractivity contribution in [3.63, 3.8) is 0 Å².